The molecule has 7 nitrogen and oxygen atoms in total. The van der Waals surface area contributed by atoms with Crippen LogP contribution in [0.3, 0.4) is 0 Å². The molecule has 0 bridgehead atoms. The maximum Gasteiger partial charge on any atom is 0.263 e. The van der Waals surface area contributed by atoms with Crippen LogP contribution < -0.4 is 16.2 Å². The normalized spacial score (nSPS) is 11.3. The molecule has 0 saturated heterocycles. The summed E-state index contributed by atoms with van der Waals surface area (Å²) in [6.45, 7) is 3.99. The summed E-state index contributed by atoms with van der Waals surface area (Å²) in [5, 5.41) is 6.53. The number of benzene rings is 2. The SMILES string of the molecule is CNCc1cc(Cl)cc(-c2cnc3nc(-c4ccc(F)c(Cl)c4)n(CC(=O)NC(C)C)c(=O)c3c2)c1. The molecule has 2 aromatic heterocycles. The molecule has 0 aliphatic carbocycles. The van der Waals surface area contributed by atoms with Gasteiger partial charge in [0.05, 0.1) is 10.4 Å². The van der Waals surface area contributed by atoms with Gasteiger partial charge in [-0.2, -0.15) is 0 Å². The first kappa shape index (κ1) is 25.8. The van der Waals surface area contributed by atoms with Gasteiger partial charge in [-0.15, -0.1) is 0 Å². The Hall–Kier alpha value is -3.33. The Kier molecular flexibility index (Phi) is 7.68. The van der Waals surface area contributed by atoms with E-state index in [2.05, 4.69) is 20.6 Å². The fraction of sp³-hybridized carbons (Fsp3) is 0.231. The first-order chi connectivity index (χ1) is 17.2. The zero-order chi connectivity index (χ0) is 26.0. The highest BCUT2D eigenvalue weighted by atomic mass is 35.5. The van der Waals surface area contributed by atoms with Gasteiger partial charge in [0.2, 0.25) is 5.91 Å². The van der Waals surface area contributed by atoms with Crippen molar-refractivity contribution < 1.29 is 9.18 Å². The highest BCUT2D eigenvalue weighted by molar-refractivity contribution is 6.31. The number of fused-ring (bicyclic) bond motifs is 1. The van der Waals surface area contributed by atoms with E-state index in [4.69, 9.17) is 23.2 Å². The molecule has 36 heavy (non-hydrogen) atoms. The third-order valence-electron chi connectivity index (χ3n) is 5.41. The maximum absolute atomic E-state index is 13.8. The molecule has 2 N–H and O–H groups in total. The minimum atomic E-state index is -0.602. The number of pyridine rings is 1. The molecule has 0 atom stereocenters. The predicted molar refractivity (Wildman–Crippen MR) is 141 cm³/mol. The van der Waals surface area contributed by atoms with Gasteiger partial charge in [-0.05, 0) is 74.5 Å². The van der Waals surface area contributed by atoms with E-state index in [1.807, 2.05) is 33.0 Å². The maximum atomic E-state index is 13.8. The van der Waals surface area contributed by atoms with Crippen LogP contribution in [0.1, 0.15) is 19.4 Å². The third kappa shape index (κ3) is 5.56. The Morgan fingerprint density at radius 1 is 1.08 bits per heavy atom. The molecule has 0 fully saturated rings. The lowest BCUT2D eigenvalue weighted by atomic mass is 10.0. The lowest BCUT2D eigenvalue weighted by Crippen LogP contribution is -2.37. The Labute approximate surface area is 217 Å². The van der Waals surface area contributed by atoms with Gasteiger partial charge < -0.3 is 10.6 Å². The van der Waals surface area contributed by atoms with Crippen LogP contribution in [0.2, 0.25) is 10.0 Å². The van der Waals surface area contributed by atoms with Crippen LogP contribution in [0.15, 0.2) is 53.5 Å². The van der Waals surface area contributed by atoms with Crippen molar-refractivity contribution in [3.63, 3.8) is 0 Å². The molecular weight excluding hydrogens is 504 g/mol. The molecule has 0 saturated carbocycles. The highest BCUT2D eigenvalue weighted by Crippen LogP contribution is 2.28. The second kappa shape index (κ2) is 10.7. The minimum absolute atomic E-state index is 0.117. The molecule has 4 rings (SSSR count). The molecule has 2 heterocycles. The highest BCUT2D eigenvalue weighted by Gasteiger charge is 2.18. The number of halogens is 3. The van der Waals surface area contributed by atoms with Crippen LogP contribution in [0.25, 0.3) is 33.5 Å². The van der Waals surface area contributed by atoms with Crippen molar-refractivity contribution in [2.45, 2.75) is 33.0 Å². The lowest BCUT2D eigenvalue weighted by molar-refractivity contribution is -0.122. The largest absolute Gasteiger partial charge is 0.352 e. The van der Waals surface area contributed by atoms with Crippen molar-refractivity contribution in [3.8, 4) is 22.5 Å². The van der Waals surface area contributed by atoms with E-state index < -0.39 is 11.4 Å². The van der Waals surface area contributed by atoms with E-state index in [0.717, 1.165) is 11.1 Å². The van der Waals surface area contributed by atoms with Crippen LogP contribution in [0.4, 0.5) is 4.39 Å². The summed E-state index contributed by atoms with van der Waals surface area (Å²) >= 11 is 12.3. The molecule has 0 aliphatic rings. The summed E-state index contributed by atoms with van der Waals surface area (Å²) in [7, 11) is 1.84. The van der Waals surface area contributed by atoms with E-state index in [0.29, 0.717) is 22.7 Å². The molecule has 0 aliphatic heterocycles. The Morgan fingerprint density at radius 2 is 1.86 bits per heavy atom. The van der Waals surface area contributed by atoms with Gasteiger partial charge >= 0.3 is 0 Å². The van der Waals surface area contributed by atoms with E-state index in [1.165, 1.54) is 22.8 Å². The second-order valence-corrected chi connectivity index (χ2v) is 9.50. The average molecular weight is 528 g/mol. The summed E-state index contributed by atoms with van der Waals surface area (Å²) in [5.41, 5.74) is 2.56. The minimum Gasteiger partial charge on any atom is -0.352 e. The molecule has 0 spiro atoms. The molecule has 0 radical (unpaired) electrons. The van der Waals surface area contributed by atoms with Gasteiger partial charge in [0, 0.05) is 34.9 Å². The first-order valence-electron chi connectivity index (χ1n) is 11.3. The predicted octanol–water partition coefficient (Wildman–Crippen LogP) is 4.82. The Morgan fingerprint density at radius 3 is 2.56 bits per heavy atom. The molecule has 0 unspecified atom stereocenters. The number of carbonyl (C=O) groups is 1. The summed E-state index contributed by atoms with van der Waals surface area (Å²) in [5.74, 6) is -0.805. The molecule has 2 aromatic carbocycles. The lowest BCUT2D eigenvalue weighted by Gasteiger charge is -2.15. The number of nitrogens with zero attached hydrogens (tertiary/aromatic N) is 3. The van der Waals surface area contributed by atoms with Crippen LogP contribution >= 0.6 is 23.2 Å². The Bertz CT molecular complexity index is 1520. The van der Waals surface area contributed by atoms with Gasteiger partial charge in [-0.3, -0.25) is 14.2 Å². The number of rotatable bonds is 7. The molecule has 1 amide bonds. The van der Waals surface area contributed by atoms with Crippen molar-refractivity contribution in [2.75, 3.05) is 7.05 Å². The first-order valence-corrected chi connectivity index (χ1v) is 12.0. The zero-order valence-corrected chi connectivity index (χ0v) is 21.4. The second-order valence-electron chi connectivity index (χ2n) is 8.65. The standard InChI is InChI=1S/C26H24Cl2FN5O2/c1-14(2)32-23(35)13-34-25(16-4-5-22(29)21(28)10-16)33-24-20(26(34)36)9-18(12-31-24)17-6-15(11-30-3)7-19(27)8-17/h4-10,12,14,30H,11,13H2,1-3H3,(H,32,35). The smallest absolute Gasteiger partial charge is 0.263 e. The topological polar surface area (TPSA) is 88.9 Å². The summed E-state index contributed by atoms with van der Waals surface area (Å²) in [6, 6.07) is 11.2. The van der Waals surface area contributed by atoms with E-state index >= 15 is 0 Å². The number of hydrogen-bond acceptors (Lipinski definition) is 5. The van der Waals surface area contributed by atoms with Gasteiger partial charge in [-0.25, -0.2) is 14.4 Å². The number of aromatic nitrogens is 3. The fourth-order valence-electron chi connectivity index (χ4n) is 3.90. The van der Waals surface area contributed by atoms with Gasteiger partial charge in [-0.1, -0.05) is 23.2 Å². The summed E-state index contributed by atoms with van der Waals surface area (Å²) < 4.78 is 15.1. The third-order valence-corrected chi connectivity index (χ3v) is 5.92. The average Bonchev–Trinajstić information content (AvgIpc) is 2.81. The summed E-state index contributed by atoms with van der Waals surface area (Å²) in [6.07, 6.45) is 1.61. The molecule has 4 aromatic rings. The number of carbonyl (C=O) groups excluding carboxylic acids is 1. The van der Waals surface area contributed by atoms with Crippen molar-refractivity contribution in [2.24, 2.45) is 0 Å². The van der Waals surface area contributed by atoms with Crippen LogP contribution in [-0.4, -0.2) is 33.5 Å². The molecule has 10 heteroatoms. The molecular formula is C26H24Cl2FN5O2. The van der Waals surface area contributed by atoms with Gasteiger partial charge in [0.25, 0.3) is 5.56 Å². The molecule has 186 valence electrons. The summed E-state index contributed by atoms with van der Waals surface area (Å²) in [4.78, 5) is 35.3. The van der Waals surface area contributed by atoms with Crippen molar-refractivity contribution in [1.82, 2.24) is 25.2 Å². The number of nitrogens with one attached hydrogen (secondary N) is 2. The van der Waals surface area contributed by atoms with Gasteiger partial charge in [0.1, 0.15) is 18.2 Å². The van der Waals surface area contributed by atoms with Crippen molar-refractivity contribution >= 4 is 40.1 Å². The zero-order valence-electron chi connectivity index (χ0n) is 19.9. The number of hydrogen-bond donors (Lipinski definition) is 2. The number of amides is 1. The van der Waals surface area contributed by atoms with Crippen LogP contribution in [0, 0.1) is 5.82 Å². The quantitative estimate of drug-likeness (QED) is 0.359. The van der Waals surface area contributed by atoms with Gasteiger partial charge in [0.15, 0.2) is 5.65 Å². The van der Waals surface area contributed by atoms with Crippen LogP contribution in [0.5, 0.6) is 0 Å². The van der Waals surface area contributed by atoms with Crippen molar-refractivity contribution in [3.05, 3.63) is 80.4 Å². The van der Waals surface area contributed by atoms with Crippen LogP contribution in [-0.2, 0) is 17.9 Å². The van der Waals surface area contributed by atoms with E-state index in [1.54, 1.807) is 18.3 Å². The Balaban J connectivity index is 1.91. The van der Waals surface area contributed by atoms with Crippen molar-refractivity contribution in [1.29, 1.82) is 0 Å². The van der Waals surface area contributed by atoms with E-state index in [9.17, 15) is 14.0 Å². The monoisotopic (exact) mass is 527 g/mol. The van der Waals surface area contributed by atoms with E-state index in [-0.39, 0.29) is 40.4 Å². The fourth-order valence-corrected chi connectivity index (χ4v) is 4.34.